The van der Waals surface area contributed by atoms with E-state index in [0.717, 1.165) is 16.9 Å². The lowest BCUT2D eigenvalue weighted by Gasteiger charge is -2.03. The minimum Gasteiger partial charge on any atom is -0.354 e. The van der Waals surface area contributed by atoms with Gasteiger partial charge < -0.3 is 4.98 Å². The van der Waals surface area contributed by atoms with Crippen molar-refractivity contribution in [2.24, 2.45) is 0 Å². The Kier molecular flexibility index (Phi) is 3.50. The standard InChI is InChI=1S/C20H18N2S/c1-13(2)20-22-17(12-23-20)18-15-10-6-7-11-16(15)21-19(18)14-8-4-3-5-9-14/h3-13,21H,1-2H3. The van der Waals surface area contributed by atoms with Crippen LogP contribution in [0.4, 0.5) is 0 Å². The van der Waals surface area contributed by atoms with Gasteiger partial charge in [-0.3, -0.25) is 0 Å². The zero-order chi connectivity index (χ0) is 15.8. The summed E-state index contributed by atoms with van der Waals surface area (Å²) in [7, 11) is 0. The number of H-pyrrole nitrogens is 1. The van der Waals surface area contributed by atoms with Crippen molar-refractivity contribution >= 4 is 22.2 Å². The molecular weight excluding hydrogens is 300 g/mol. The van der Waals surface area contributed by atoms with E-state index in [1.165, 1.54) is 21.5 Å². The van der Waals surface area contributed by atoms with Gasteiger partial charge in [0.1, 0.15) is 0 Å². The van der Waals surface area contributed by atoms with Crippen LogP contribution in [0.25, 0.3) is 33.4 Å². The number of hydrogen-bond acceptors (Lipinski definition) is 2. The second-order valence-electron chi connectivity index (χ2n) is 6.01. The van der Waals surface area contributed by atoms with E-state index < -0.39 is 0 Å². The second kappa shape index (κ2) is 5.67. The van der Waals surface area contributed by atoms with Gasteiger partial charge in [-0.05, 0) is 11.6 Å². The van der Waals surface area contributed by atoms with E-state index in [1.54, 1.807) is 11.3 Å². The lowest BCUT2D eigenvalue weighted by molar-refractivity contribution is 0.854. The molecule has 4 aromatic rings. The Bertz CT molecular complexity index is 948. The number of fused-ring (bicyclic) bond motifs is 1. The van der Waals surface area contributed by atoms with Crippen LogP contribution in [0.5, 0.6) is 0 Å². The molecule has 0 unspecified atom stereocenters. The summed E-state index contributed by atoms with van der Waals surface area (Å²) in [6.45, 7) is 4.38. The number of nitrogens with zero attached hydrogens (tertiary/aromatic N) is 1. The summed E-state index contributed by atoms with van der Waals surface area (Å²) in [5, 5.41) is 4.59. The molecule has 4 rings (SSSR count). The molecular formula is C20H18N2S. The van der Waals surface area contributed by atoms with Crippen molar-refractivity contribution in [2.45, 2.75) is 19.8 Å². The van der Waals surface area contributed by atoms with Crippen LogP contribution in [0.1, 0.15) is 24.8 Å². The van der Waals surface area contributed by atoms with Crippen LogP contribution in [-0.4, -0.2) is 9.97 Å². The summed E-state index contributed by atoms with van der Waals surface area (Å²) in [4.78, 5) is 8.47. The van der Waals surface area contributed by atoms with Gasteiger partial charge in [0, 0.05) is 27.8 Å². The number of rotatable bonds is 3. The fourth-order valence-electron chi connectivity index (χ4n) is 2.90. The molecule has 0 radical (unpaired) electrons. The van der Waals surface area contributed by atoms with Crippen LogP contribution in [-0.2, 0) is 0 Å². The topological polar surface area (TPSA) is 28.7 Å². The maximum absolute atomic E-state index is 4.89. The summed E-state index contributed by atoms with van der Waals surface area (Å²) >= 11 is 1.74. The Hall–Kier alpha value is -2.39. The fourth-order valence-corrected chi connectivity index (χ4v) is 3.72. The van der Waals surface area contributed by atoms with E-state index >= 15 is 0 Å². The Morgan fingerprint density at radius 1 is 0.957 bits per heavy atom. The average molecular weight is 318 g/mol. The summed E-state index contributed by atoms with van der Waals surface area (Å²) in [6.07, 6.45) is 0. The van der Waals surface area contributed by atoms with Gasteiger partial charge in [-0.25, -0.2) is 4.98 Å². The maximum Gasteiger partial charge on any atom is 0.0958 e. The molecule has 0 spiro atoms. The highest BCUT2D eigenvalue weighted by Gasteiger charge is 2.17. The van der Waals surface area contributed by atoms with Crippen LogP contribution < -0.4 is 0 Å². The van der Waals surface area contributed by atoms with Crippen LogP contribution in [0.15, 0.2) is 60.0 Å². The fraction of sp³-hybridized carbons (Fsp3) is 0.150. The monoisotopic (exact) mass is 318 g/mol. The van der Waals surface area contributed by atoms with Crippen LogP contribution >= 0.6 is 11.3 Å². The van der Waals surface area contributed by atoms with E-state index in [1.807, 2.05) is 6.07 Å². The number of para-hydroxylation sites is 1. The molecule has 23 heavy (non-hydrogen) atoms. The normalized spacial score (nSPS) is 11.4. The molecule has 0 aliphatic carbocycles. The number of hydrogen-bond donors (Lipinski definition) is 1. The van der Waals surface area contributed by atoms with Crippen LogP contribution in [0.2, 0.25) is 0 Å². The Labute approximate surface area is 139 Å². The zero-order valence-electron chi connectivity index (χ0n) is 13.2. The molecule has 0 aliphatic rings. The molecule has 2 aromatic heterocycles. The van der Waals surface area contributed by atoms with Crippen molar-refractivity contribution < 1.29 is 0 Å². The molecule has 2 nitrogen and oxygen atoms in total. The molecule has 0 fully saturated rings. The highest BCUT2D eigenvalue weighted by atomic mass is 32.1. The van der Waals surface area contributed by atoms with Gasteiger partial charge in [0.2, 0.25) is 0 Å². The average Bonchev–Trinajstić information content (AvgIpc) is 3.20. The number of aromatic amines is 1. The Balaban J connectivity index is 1.99. The number of aromatic nitrogens is 2. The van der Waals surface area contributed by atoms with E-state index in [0.29, 0.717) is 5.92 Å². The third-order valence-corrected chi connectivity index (χ3v) is 5.19. The van der Waals surface area contributed by atoms with Gasteiger partial charge in [-0.15, -0.1) is 11.3 Å². The minimum atomic E-state index is 0.458. The molecule has 3 heteroatoms. The molecule has 2 heterocycles. The first-order chi connectivity index (χ1) is 11.2. The largest absolute Gasteiger partial charge is 0.354 e. The summed E-state index contributed by atoms with van der Waals surface area (Å²) < 4.78 is 0. The number of nitrogens with one attached hydrogen (secondary N) is 1. The summed E-state index contributed by atoms with van der Waals surface area (Å²) in [6, 6.07) is 18.9. The Morgan fingerprint density at radius 2 is 1.70 bits per heavy atom. The molecule has 0 aliphatic heterocycles. The number of benzene rings is 2. The molecule has 1 N–H and O–H groups in total. The van der Waals surface area contributed by atoms with E-state index in [9.17, 15) is 0 Å². The lowest BCUT2D eigenvalue weighted by Crippen LogP contribution is -1.87. The molecule has 0 saturated carbocycles. The third kappa shape index (κ3) is 2.47. The first-order valence-electron chi connectivity index (χ1n) is 7.86. The molecule has 0 atom stereocenters. The van der Waals surface area contributed by atoms with Crippen molar-refractivity contribution in [2.75, 3.05) is 0 Å². The van der Waals surface area contributed by atoms with Gasteiger partial charge in [-0.2, -0.15) is 0 Å². The van der Waals surface area contributed by atoms with Crippen molar-refractivity contribution in [1.82, 2.24) is 9.97 Å². The van der Waals surface area contributed by atoms with Crippen molar-refractivity contribution in [3.8, 4) is 22.5 Å². The van der Waals surface area contributed by atoms with Gasteiger partial charge >= 0.3 is 0 Å². The van der Waals surface area contributed by atoms with Crippen LogP contribution in [0.3, 0.4) is 0 Å². The van der Waals surface area contributed by atoms with E-state index in [-0.39, 0.29) is 0 Å². The van der Waals surface area contributed by atoms with E-state index in [2.05, 4.69) is 72.7 Å². The smallest absolute Gasteiger partial charge is 0.0958 e. The number of thiazole rings is 1. The minimum absolute atomic E-state index is 0.458. The van der Waals surface area contributed by atoms with Crippen LogP contribution in [0, 0.1) is 0 Å². The second-order valence-corrected chi connectivity index (χ2v) is 6.90. The van der Waals surface area contributed by atoms with Gasteiger partial charge in [-0.1, -0.05) is 62.4 Å². The predicted molar refractivity (Wildman–Crippen MR) is 98.9 cm³/mol. The van der Waals surface area contributed by atoms with Gasteiger partial charge in [0.25, 0.3) is 0 Å². The quantitative estimate of drug-likeness (QED) is 0.487. The zero-order valence-corrected chi connectivity index (χ0v) is 14.0. The van der Waals surface area contributed by atoms with Crippen molar-refractivity contribution in [3.05, 3.63) is 65.0 Å². The van der Waals surface area contributed by atoms with E-state index in [4.69, 9.17) is 4.98 Å². The summed E-state index contributed by atoms with van der Waals surface area (Å²) in [5.74, 6) is 0.458. The first-order valence-corrected chi connectivity index (χ1v) is 8.74. The first kappa shape index (κ1) is 14.2. The van der Waals surface area contributed by atoms with Crippen molar-refractivity contribution in [1.29, 1.82) is 0 Å². The lowest BCUT2D eigenvalue weighted by atomic mass is 10.0. The van der Waals surface area contributed by atoms with Gasteiger partial charge in [0.05, 0.1) is 16.4 Å². The molecule has 0 bridgehead atoms. The Morgan fingerprint density at radius 3 is 2.43 bits per heavy atom. The van der Waals surface area contributed by atoms with Crippen molar-refractivity contribution in [3.63, 3.8) is 0 Å². The summed E-state index contributed by atoms with van der Waals surface area (Å²) in [5.41, 5.74) is 5.76. The molecule has 0 saturated heterocycles. The SMILES string of the molecule is CC(C)c1nc(-c2c(-c3ccccc3)[nH]c3ccccc23)cs1. The van der Waals surface area contributed by atoms with Gasteiger partial charge in [0.15, 0.2) is 0 Å². The maximum atomic E-state index is 4.89. The predicted octanol–water partition coefficient (Wildman–Crippen LogP) is 6.08. The third-order valence-electron chi connectivity index (χ3n) is 4.04. The highest BCUT2D eigenvalue weighted by molar-refractivity contribution is 7.10. The highest BCUT2D eigenvalue weighted by Crippen LogP contribution is 2.39. The molecule has 114 valence electrons. The molecule has 0 amide bonds. The molecule has 2 aromatic carbocycles.